The molecule has 3 rings (SSSR count). The maximum atomic E-state index is 12.9. The lowest BCUT2D eigenvalue weighted by atomic mass is 10.1. The molecule has 2 aromatic carbocycles. The smallest absolute Gasteiger partial charge is 0.416 e. The Bertz CT molecular complexity index is 899. The van der Waals surface area contributed by atoms with Gasteiger partial charge in [-0.05, 0) is 35.4 Å². The van der Waals surface area contributed by atoms with E-state index < -0.39 is 17.7 Å². The fraction of sp³-hybridized carbons (Fsp3) is 0.333. The van der Waals surface area contributed by atoms with Gasteiger partial charge < -0.3 is 15.0 Å². The predicted molar refractivity (Wildman–Crippen MR) is 99.8 cm³/mol. The van der Waals surface area contributed by atoms with E-state index >= 15 is 0 Å². The van der Waals surface area contributed by atoms with Gasteiger partial charge in [0.25, 0.3) is 0 Å². The van der Waals surface area contributed by atoms with Crippen LogP contribution in [-0.4, -0.2) is 30.4 Å². The molecule has 1 atom stereocenters. The van der Waals surface area contributed by atoms with Gasteiger partial charge in [0.2, 0.25) is 11.8 Å². The molecule has 1 aliphatic rings. The second-order valence-corrected chi connectivity index (χ2v) is 6.94. The molecule has 0 bridgehead atoms. The van der Waals surface area contributed by atoms with Crippen LogP contribution in [0.25, 0.3) is 0 Å². The van der Waals surface area contributed by atoms with Gasteiger partial charge in [0.15, 0.2) is 0 Å². The zero-order chi connectivity index (χ0) is 21.0. The van der Waals surface area contributed by atoms with Gasteiger partial charge in [-0.25, -0.2) is 0 Å². The van der Waals surface area contributed by atoms with Gasteiger partial charge in [-0.3, -0.25) is 9.59 Å². The number of likely N-dealkylation sites (tertiary alicyclic amines) is 1. The Morgan fingerprint density at radius 1 is 1.17 bits per heavy atom. The van der Waals surface area contributed by atoms with Crippen molar-refractivity contribution in [2.24, 2.45) is 5.92 Å². The molecule has 0 aliphatic carbocycles. The molecule has 0 radical (unpaired) electrons. The fourth-order valence-electron chi connectivity index (χ4n) is 3.28. The third-order valence-electron chi connectivity index (χ3n) is 4.81. The van der Waals surface area contributed by atoms with Crippen molar-refractivity contribution < 1.29 is 27.5 Å². The molecule has 1 fully saturated rings. The van der Waals surface area contributed by atoms with Crippen molar-refractivity contribution in [1.82, 2.24) is 10.2 Å². The van der Waals surface area contributed by atoms with Crippen molar-refractivity contribution in [3.05, 3.63) is 65.2 Å². The quantitative estimate of drug-likeness (QED) is 0.800. The third kappa shape index (κ3) is 5.28. The number of methoxy groups -OCH3 is 1. The molecule has 1 unspecified atom stereocenters. The number of alkyl halides is 3. The minimum atomic E-state index is -4.44. The maximum Gasteiger partial charge on any atom is 0.416 e. The Balaban J connectivity index is 1.57. The second-order valence-electron chi connectivity index (χ2n) is 6.94. The van der Waals surface area contributed by atoms with Crippen molar-refractivity contribution in [2.45, 2.75) is 25.7 Å². The lowest BCUT2D eigenvalue weighted by Crippen LogP contribution is -2.32. The van der Waals surface area contributed by atoms with Crippen molar-refractivity contribution in [3.63, 3.8) is 0 Å². The number of amides is 2. The summed E-state index contributed by atoms with van der Waals surface area (Å²) in [6.07, 6.45) is -4.39. The van der Waals surface area contributed by atoms with Crippen LogP contribution in [0.1, 0.15) is 23.1 Å². The Morgan fingerprint density at radius 2 is 1.90 bits per heavy atom. The normalized spacial score (nSPS) is 16.8. The van der Waals surface area contributed by atoms with Crippen molar-refractivity contribution >= 4 is 11.8 Å². The summed E-state index contributed by atoms with van der Waals surface area (Å²) in [7, 11) is 1.56. The van der Waals surface area contributed by atoms with E-state index in [0.29, 0.717) is 17.9 Å². The van der Waals surface area contributed by atoms with Crippen molar-refractivity contribution in [3.8, 4) is 5.75 Å². The first-order chi connectivity index (χ1) is 13.8. The molecule has 5 nitrogen and oxygen atoms in total. The van der Waals surface area contributed by atoms with Gasteiger partial charge in [0.1, 0.15) is 5.75 Å². The number of carbonyl (C=O) groups is 2. The van der Waals surface area contributed by atoms with Crippen LogP contribution in [0.5, 0.6) is 5.75 Å². The third-order valence-corrected chi connectivity index (χ3v) is 4.81. The minimum Gasteiger partial charge on any atom is -0.497 e. The number of hydrogen-bond acceptors (Lipinski definition) is 3. The van der Waals surface area contributed by atoms with Gasteiger partial charge in [-0.1, -0.05) is 24.3 Å². The molecule has 8 heteroatoms. The summed E-state index contributed by atoms with van der Waals surface area (Å²) in [5, 5.41) is 2.80. The number of benzene rings is 2. The van der Waals surface area contributed by atoms with E-state index in [0.717, 1.165) is 17.7 Å². The lowest BCUT2D eigenvalue weighted by Gasteiger charge is -2.18. The molecule has 154 valence electrons. The molecule has 0 aromatic heterocycles. The van der Waals surface area contributed by atoms with Crippen LogP contribution in [0.4, 0.5) is 13.2 Å². The lowest BCUT2D eigenvalue weighted by molar-refractivity contribution is -0.137. The molecule has 1 saturated heterocycles. The second kappa shape index (κ2) is 8.55. The molecule has 0 spiro atoms. The highest BCUT2D eigenvalue weighted by atomic mass is 19.4. The standard InChI is InChI=1S/C21H21F3N2O3/c1-29-18-7-3-4-14(9-18)11-25-20(28)16-10-19(27)26(13-16)12-15-5-2-6-17(8-15)21(22,23)24/h2-9,16H,10-13H2,1H3,(H,25,28). The molecule has 1 aliphatic heterocycles. The van der Waals surface area contributed by atoms with Crippen LogP contribution < -0.4 is 10.1 Å². The average molecular weight is 406 g/mol. The highest BCUT2D eigenvalue weighted by molar-refractivity contribution is 5.89. The van der Waals surface area contributed by atoms with E-state index in [4.69, 9.17) is 4.74 Å². The molecule has 29 heavy (non-hydrogen) atoms. The molecular formula is C21H21F3N2O3. The number of halogens is 3. The average Bonchev–Trinajstić information content (AvgIpc) is 3.06. The van der Waals surface area contributed by atoms with Gasteiger partial charge >= 0.3 is 6.18 Å². The van der Waals surface area contributed by atoms with Gasteiger partial charge in [0, 0.05) is 26.1 Å². The summed E-state index contributed by atoms with van der Waals surface area (Å²) < 4.78 is 43.7. The predicted octanol–water partition coefficient (Wildman–Crippen LogP) is 3.38. The number of rotatable bonds is 6. The molecule has 1 N–H and O–H groups in total. The summed E-state index contributed by atoms with van der Waals surface area (Å²) in [5.74, 6) is -0.351. The monoisotopic (exact) mass is 406 g/mol. The summed E-state index contributed by atoms with van der Waals surface area (Å²) in [4.78, 5) is 26.1. The maximum absolute atomic E-state index is 12.9. The topological polar surface area (TPSA) is 58.6 Å². The Morgan fingerprint density at radius 3 is 2.62 bits per heavy atom. The van der Waals surface area contributed by atoms with Crippen LogP contribution in [0.15, 0.2) is 48.5 Å². The highest BCUT2D eigenvalue weighted by Crippen LogP contribution is 2.30. The molecular weight excluding hydrogens is 385 g/mol. The van der Waals surface area contributed by atoms with Crippen LogP contribution in [0.2, 0.25) is 0 Å². The number of ether oxygens (including phenoxy) is 1. The fourth-order valence-corrected chi connectivity index (χ4v) is 3.28. The summed E-state index contributed by atoms with van der Waals surface area (Å²) in [6.45, 7) is 0.524. The van der Waals surface area contributed by atoms with Crippen LogP contribution >= 0.6 is 0 Å². The zero-order valence-electron chi connectivity index (χ0n) is 15.8. The Kier molecular flexibility index (Phi) is 6.10. The Hall–Kier alpha value is -3.03. The zero-order valence-corrected chi connectivity index (χ0v) is 15.8. The number of hydrogen-bond donors (Lipinski definition) is 1. The van der Waals surface area contributed by atoms with E-state index in [1.54, 1.807) is 25.3 Å². The van der Waals surface area contributed by atoms with E-state index in [2.05, 4.69) is 5.32 Å². The van der Waals surface area contributed by atoms with Gasteiger partial charge in [-0.15, -0.1) is 0 Å². The number of nitrogens with zero attached hydrogens (tertiary/aromatic N) is 1. The van der Waals surface area contributed by atoms with E-state index in [1.807, 2.05) is 12.1 Å². The largest absolute Gasteiger partial charge is 0.497 e. The summed E-state index contributed by atoms with van der Waals surface area (Å²) in [6, 6.07) is 12.1. The molecule has 2 aromatic rings. The van der Waals surface area contributed by atoms with Crippen molar-refractivity contribution in [2.75, 3.05) is 13.7 Å². The number of carbonyl (C=O) groups excluding carboxylic acids is 2. The Labute approximate surface area is 166 Å². The van der Waals surface area contributed by atoms with Gasteiger partial charge in [-0.2, -0.15) is 13.2 Å². The molecule has 1 heterocycles. The summed E-state index contributed by atoms with van der Waals surface area (Å²) >= 11 is 0. The summed E-state index contributed by atoms with van der Waals surface area (Å²) in [5.41, 5.74) is 0.489. The van der Waals surface area contributed by atoms with Gasteiger partial charge in [0.05, 0.1) is 18.6 Å². The minimum absolute atomic E-state index is 0.0441. The SMILES string of the molecule is COc1cccc(CNC(=O)C2CC(=O)N(Cc3cccc(C(F)(F)F)c3)C2)c1. The van der Waals surface area contributed by atoms with Crippen LogP contribution in [-0.2, 0) is 28.9 Å². The van der Waals surface area contributed by atoms with Crippen molar-refractivity contribution in [1.29, 1.82) is 0 Å². The van der Waals surface area contributed by atoms with E-state index in [-0.39, 0.29) is 31.3 Å². The number of nitrogens with one attached hydrogen (secondary N) is 1. The van der Waals surface area contributed by atoms with Crippen LogP contribution in [0.3, 0.4) is 0 Å². The van der Waals surface area contributed by atoms with E-state index in [1.165, 1.54) is 11.0 Å². The van der Waals surface area contributed by atoms with E-state index in [9.17, 15) is 22.8 Å². The van der Waals surface area contributed by atoms with Crippen LogP contribution in [0, 0.1) is 5.92 Å². The first-order valence-corrected chi connectivity index (χ1v) is 9.11. The molecule has 0 saturated carbocycles. The molecule has 2 amide bonds. The highest BCUT2D eigenvalue weighted by Gasteiger charge is 2.35. The first-order valence-electron chi connectivity index (χ1n) is 9.11. The first kappa shape index (κ1) is 20.7.